The van der Waals surface area contributed by atoms with Crippen molar-refractivity contribution in [3.8, 4) is 0 Å². The highest BCUT2D eigenvalue weighted by molar-refractivity contribution is 8.14. The van der Waals surface area contributed by atoms with Crippen LogP contribution in [0.15, 0.2) is 40.1 Å². The number of hydrogen-bond acceptors (Lipinski definition) is 4. The van der Waals surface area contributed by atoms with E-state index in [0.717, 1.165) is 119 Å². The van der Waals surface area contributed by atoms with Crippen molar-refractivity contribution in [2.45, 2.75) is 169 Å². The first-order chi connectivity index (χ1) is 26.5. The molecule has 0 aliphatic heterocycles. The van der Waals surface area contributed by atoms with Crippen LogP contribution in [0.25, 0.3) is 0 Å². The third-order valence-corrected chi connectivity index (χ3v) is 13.8. The van der Waals surface area contributed by atoms with Crippen LogP contribution in [0.4, 0.5) is 24.5 Å². The van der Waals surface area contributed by atoms with Crippen LogP contribution in [0.5, 0.6) is 0 Å². The zero-order valence-electron chi connectivity index (χ0n) is 36.1. The molecule has 0 saturated heterocycles. The van der Waals surface area contributed by atoms with Gasteiger partial charge in [-0.15, -0.1) is 0 Å². The minimum absolute atomic E-state index is 0.0344. The van der Waals surface area contributed by atoms with Gasteiger partial charge in [-0.3, -0.25) is 9.59 Å². The van der Waals surface area contributed by atoms with Gasteiger partial charge in [-0.25, -0.2) is 13.2 Å². The van der Waals surface area contributed by atoms with E-state index in [1.807, 2.05) is 20.8 Å². The molecule has 2 aliphatic rings. The molecule has 0 bridgehead atoms. The lowest BCUT2D eigenvalue weighted by Crippen LogP contribution is -2.71. The van der Waals surface area contributed by atoms with Gasteiger partial charge in [0, 0.05) is 23.0 Å². The Balaban J connectivity index is 0.000000306. The monoisotopic (exact) mass is 834 g/mol. The second-order valence-corrected chi connectivity index (χ2v) is 21.2. The van der Waals surface area contributed by atoms with Gasteiger partial charge in [-0.2, -0.15) is 9.98 Å². The van der Waals surface area contributed by atoms with E-state index in [1.54, 1.807) is 26.8 Å². The van der Waals surface area contributed by atoms with Crippen molar-refractivity contribution in [1.29, 1.82) is 0 Å². The van der Waals surface area contributed by atoms with Gasteiger partial charge >= 0.3 is 11.8 Å². The summed E-state index contributed by atoms with van der Waals surface area (Å²) in [7, 11) is 0. The number of thioether (sulfide) groups is 2. The number of hydrogen-bond donors (Lipinski definition) is 4. The minimum atomic E-state index is -1.01. The summed E-state index contributed by atoms with van der Waals surface area (Å²) in [6.45, 7) is 19.6. The fourth-order valence-corrected chi connectivity index (χ4v) is 9.01. The van der Waals surface area contributed by atoms with Crippen molar-refractivity contribution >= 4 is 56.9 Å². The highest BCUT2D eigenvalue weighted by Gasteiger charge is 2.43. The van der Waals surface area contributed by atoms with Crippen molar-refractivity contribution in [2.24, 2.45) is 33.5 Å². The Labute approximate surface area is 348 Å². The second kappa shape index (κ2) is 20.9. The van der Waals surface area contributed by atoms with E-state index in [0.29, 0.717) is 22.4 Å². The molecule has 2 aliphatic carbocycles. The number of aliphatic hydroxyl groups is 2. The summed E-state index contributed by atoms with van der Waals surface area (Å²) < 4.78 is 41.7. The standard InChI is InChI=1S/C23H33F2NO2S.C23H34FNO2S/c1-15(2)9-12-23(10-7-6-8-11-23)20(27)26-18-13-16(24)17(25)14-19(18)29-21(28)22(3,4)5;1-16(2)11-14-23(12-7-6-8-13-23)20(26)25-18-10-9-17(24)15-19(18)28-21(27)22(3,4)5/h13-15H,6-12H2,1-5H3,(H,26,27);9-10,15-16H,6-8,11-14H2,1-5H3,(H,25,26)/p+2. The Bertz CT molecular complexity index is 1730. The van der Waals surface area contributed by atoms with Crippen LogP contribution in [-0.4, -0.2) is 32.2 Å². The van der Waals surface area contributed by atoms with E-state index in [9.17, 15) is 33.0 Å². The SMILES string of the molecule is CC(C)CCC1(C(O)=[NH+]c2cc(F)c(F)cc2SC(=O)C(C)(C)C)CCCCC1.CC(C)CCC1(C(O)=[NH+]c2ccc(F)cc2SC(=O)C(C)(C)C)CCCCC1. The Kier molecular flexibility index (Phi) is 17.9. The maximum Gasteiger partial charge on any atom is 0.344 e. The van der Waals surface area contributed by atoms with Gasteiger partial charge < -0.3 is 10.2 Å². The molecule has 0 amide bonds. The zero-order valence-corrected chi connectivity index (χ0v) is 37.7. The van der Waals surface area contributed by atoms with E-state index in [4.69, 9.17) is 0 Å². The molecule has 0 aromatic heterocycles. The predicted octanol–water partition coefficient (Wildman–Crippen LogP) is 11.2. The van der Waals surface area contributed by atoms with Crippen molar-refractivity contribution < 1.29 is 43.0 Å². The molecule has 4 rings (SSSR count). The lowest BCUT2D eigenvalue weighted by atomic mass is 9.70. The smallest absolute Gasteiger partial charge is 0.344 e. The van der Waals surface area contributed by atoms with E-state index < -0.39 is 22.5 Å². The van der Waals surface area contributed by atoms with Crippen LogP contribution in [-0.2, 0) is 9.59 Å². The molecule has 2 aromatic carbocycles. The first-order valence-corrected chi connectivity index (χ1v) is 22.5. The van der Waals surface area contributed by atoms with E-state index in [2.05, 4.69) is 37.7 Å². The molecule has 0 atom stereocenters. The largest absolute Gasteiger partial charge is 0.463 e. The molecule has 0 radical (unpaired) electrons. The van der Waals surface area contributed by atoms with Gasteiger partial charge in [0.2, 0.25) is 11.4 Å². The number of nitrogens with one attached hydrogen (secondary N) is 2. The molecular weight excluding hydrogens is 766 g/mol. The zero-order chi connectivity index (χ0) is 42.8. The number of rotatable bonds is 12. The molecule has 0 heterocycles. The fourth-order valence-electron chi connectivity index (χ4n) is 7.22. The summed E-state index contributed by atoms with van der Waals surface area (Å²) in [6.07, 6.45) is 14.1. The Morgan fingerprint density at radius 2 is 1.02 bits per heavy atom. The topological polar surface area (TPSA) is 103 Å². The third kappa shape index (κ3) is 14.5. The van der Waals surface area contributed by atoms with Crippen LogP contribution in [0, 0.1) is 50.9 Å². The Morgan fingerprint density at radius 1 is 0.632 bits per heavy atom. The van der Waals surface area contributed by atoms with Crippen LogP contribution in [0.1, 0.15) is 159 Å². The molecule has 4 N–H and O–H groups in total. The van der Waals surface area contributed by atoms with Crippen molar-refractivity contribution in [2.75, 3.05) is 0 Å². The summed E-state index contributed by atoms with van der Waals surface area (Å²) in [6, 6.07) is 6.40. The molecule has 6 nitrogen and oxygen atoms in total. The molecule has 0 unspecified atom stereocenters. The predicted molar refractivity (Wildman–Crippen MR) is 229 cm³/mol. The van der Waals surface area contributed by atoms with Gasteiger partial charge in [-0.05, 0) is 105 Å². The number of halogens is 3. The van der Waals surface area contributed by atoms with Crippen molar-refractivity contribution in [3.63, 3.8) is 0 Å². The number of benzene rings is 2. The highest BCUT2D eigenvalue weighted by atomic mass is 32.2. The lowest BCUT2D eigenvalue weighted by Gasteiger charge is -2.33. The second-order valence-electron chi connectivity index (χ2n) is 19.2. The first kappa shape index (κ1) is 48.6. The lowest BCUT2D eigenvalue weighted by molar-refractivity contribution is -0.377. The van der Waals surface area contributed by atoms with E-state index >= 15 is 0 Å². The van der Waals surface area contributed by atoms with Gasteiger partial charge in [0.05, 0.1) is 20.6 Å². The molecular formula is C46H69F3N2O4S2+2. The number of aliphatic hydroxyl groups excluding tert-OH is 2. The summed E-state index contributed by atoms with van der Waals surface area (Å²) in [5.74, 6) is -0.938. The highest BCUT2D eigenvalue weighted by Crippen LogP contribution is 2.43. The first-order valence-electron chi connectivity index (χ1n) is 20.9. The molecule has 11 heteroatoms. The van der Waals surface area contributed by atoms with Crippen molar-refractivity contribution in [3.05, 3.63) is 47.8 Å². The summed E-state index contributed by atoms with van der Waals surface area (Å²) in [5.41, 5.74) is -0.937. The Morgan fingerprint density at radius 3 is 1.42 bits per heavy atom. The molecule has 57 heavy (non-hydrogen) atoms. The van der Waals surface area contributed by atoms with Gasteiger partial charge in [0.15, 0.2) is 21.9 Å². The third-order valence-electron chi connectivity index (χ3n) is 11.1. The average Bonchev–Trinajstić information content (AvgIpc) is 3.13. The van der Waals surface area contributed by atoms with Gasteiger partial charge in [-0.1, -0.05) is 108 Å². The minimum Gasteiger partial charge on any atom is -0.463 e. The summed E-state index contributed by atoms with van der Waals surface area (Å²) in [5, 5.41) is 22.0. The number of carbonyl (C=O) groups is 2. The van der Waals surface area contributed by atoms with Crippen LogP contribution < -0.4 is 9.98 Å². The number of carbonyl (C=O) groups excluding carboxylic acids is 2. The van der Waals surface area contributed by atoms with Crippen LogP contribution >= 0.6 is 23.5 Å². The molecule has 318 valence electrons. The normalized spacial score (nSPS) is 17.7. The Hall–Kier alpha value is -2.79. The molecule has 2 saturated carbocycles. The molecule has 0 spiro atoms. The van der Waals surface area contributed by atoms with Crippen LogP contribution in [0.3, 0.4) is 0 Å². The van der Waals surface area contributed by atoms with E-state index in [1.165, 1.54) is 18.6 Å². The van der Waals surface area contributed by atoms with Crippen LogP contribution in [0.2, 0.25) is 0 Å². The molecule has 2 fully saturated rings. The fraction of sp³-hybridized carbons (Fsp3) is 0.652. The van der Waals surface area contributed by atoms with E-state index in [-0.39, 0.29) is 49.3 Å². The molecule has 2 aromatic rings. The van der Waals surface area contributed by atoms with Gasteiger partial charge in [0.1, 0.15) is 5.82 Å². The van der Waals surface area contributed by atoms with Gasteiger partial charge in [0.25, 0.3) is 0 Å². The maximum atomic E-state index is 14.0. The average molecular weight is 835 g/mol. The summed E-state index contributed by atoms with van der Waals surface area (Å²) in [4.78, 5) is 31.9. The quantitative estimate of drug-likeness (QED) is 0.0965. The summed E-state index contributed by atoms with van der Waals surface area (Å²) >= 11 is 1.90. The maximum absolute atomic E-state index is 14.0. The van der Waals surface area contributed by atoms with Crippen molar-refractivity contribution in [1.82, 2.24) is 0 Å².